The third-order valence-corrected chi connectivity index (χ3v) is 9.75. The molecule has 13 heteroatoms. The Morgan fingerprint density at radius 3 is 2.06 bits per heavy atom. The van der Waals surface area contributed by atoms with Gasteiger partial charge in [-0.3, -0.25) is 24.9 Å². The molecule has 0 saturated carbocycles. The number of aromatic nitrogens is 1. The van der Waals surface area contributed by atoms with E-state index in [1.807, 2.05) is 84.9 Å². The van der Waals surface area contributed by atoms with Crippen LogP contribution < -0.4 is 10.8 Å². The summed E-state index contributed by atoms with van der Waals surface area (Å²) < 4.78 is 19.2. The number of amides is 2. The van der Waals surface area contributed by atoms with E-state index < -0.39 is 17.1 Å². The van der Waals surface area contributed by atoms with Crippen molar-refractivity contribution in [3.8, 4) is 22.6 Å². The van der Waals surface area contributed by atoms with Gasteiger partial charge in [-0.15, -0.1) is 0 Å². The van der Waals surface area contributed by atoms with Crippen molar-refractivity contribution in [2.45, 2.75) is 68.7 Å². The summed E-state index contributed by atoms with van der Waals surface area (Å²) in [6.07, 6.45) is 2.66. The summed E-state index contributed by atoms with van der Waals surface area (Å²) in [6, 6.07) is 33.4. The number of anilines is 1. The number of nitro benzene ring substituents is 1. The van der Waals surface area contributed by atoms with E-state index in [0.717, 1.165) is 35.2 Å². The van der Waals surface area contributed by atoms with Crippen LogP contribution in [-0.4, -0.2) is 38.8 Å². The highest BCUT2D eigenvalue weighted by atomic mass is 32.2. The molecule has 0 radical (unpaired) electrons. The molecule has 1 saturated heterocycles. The van der Waals surface area contributed by atoms with Crippen molar-refractivity contribution in [3.05, 3.63) is 130 Å². The first-order valence-corrected chi connectivity index (χ1v) is 18.5. The number of nitro groups is 1. The van der Waals surface area contributed by atoms with E-state index in [0.29, 0.717) is 53.7 Å². The summed E-state index contributed by atoms with van der Waals surface area (Å²) in [4.78, 5) is 39.4. The molecule has 3 N–H and O–H groups in total. The van der Waals surface area contributed by atoms with Crippen LogP contribution in [-0.2, 0) is 19.1 Å². The number of thioether (sulfide) groups is 1. The highest BCUT2D eigenvalue weighted by Gasteiger charge is 2.33. The minimum atomic E-state index is -0.776. The molecule has 0 aliphatic carbocycles. The smallest absolute Gasteiger partial charge is 0.269 e. The topological polar surface area (TPSA) is 166 Å². The number of non-ortho nitro benzene ring substituents is 1. The lowest BCUT2D eigenvalue weighted by molar-refractivity contribution is -0.384. The van der Waals surface area contributed by atoms with Gasteiger partial charge < -0.3 is 19.2 Å². The lowest BCUT2D eigenvalue weighted by atomic mass is 10.0. The zero-order chi connectivity index (χ0) is 37.0. The maximum Gasteiger partial charge on any atom is 0.269 e. The average Bonchev–Trinajstić information content (AvgIpc) is 3.63. The molecule has 5 aromatic rings. The van der Waals surface area contributed by atoms with Crippen LogP contribution in [0.25, 0.3) is 22.6 Å². The highest BCUT2D eigenvalue weighted by molar-refractivity contribution is 7.99. The number of benzene rings is 4. The van der Waals surface area contributed by atoms with Crippen LogP contribution in [0.2, 0.25) is 0 Å². The molecule has 0 bridgehead atoms. The van der Waals surface area contributed by atoms with Gasteiger partial charge in [-0.05, 0) is 42.7 Å². The predicted octanol–water partition coefficient (Wildman–Crippen LogP) is 9.04. The normalized spacial score (nSPS) is 16.9. The fraction of sp³-hybridized carbons (Fsp3) is 0.275. The monoisotopic (exact) mass is 736 g/mol. The average molecular weight is 737 g/mol. The number of nitrogens with one attached hydrogen (secondary N) is 2. The van der Waals surface area contributed by atoms with E-state index in [-0.39, 0.29) is 30.2 Å². The van der Waals surface area contributed by atoms with Crippen LogP contribution in [0.4, 0.5) is 11.4 Å². The number of ether oxygens (including phenoxy) is 2. The molecule has 3 atom stereocenters. The molecule has 1 fully saturated rings. The van der Waals surface area contributed by atoms with Gasteiger partial charge in [0.15, 0.2) is 12.1 Å². The maximum atomic E-state index is 12.6. The van der Waals surface area contributed by atoms with E-state index >= 15 is 0 Å². The third kappa shape index (κ3) is 10.4. The van der Waals surface area contributed by atoms with Crippen LogP contribution in [0.5, 0.6) is 0 Å². The largest absolute Gasteiger partial charge is 0.431 e. The molecule has 6 rings (SSSR count). The van der Waals surface area contributed by atoms with Crippen LogP contribution in [0.1, 0.15) is 68.5 Å². The fourth-order valence-electron chi connectivity index (χ4n) is 6.03. The molecule has 2 amide bonds. The summed E-state index contributed by atoms with van der Waals surface area (Å²) >= 11 is 1.45. The standard InChI is InChI=1S/C40H40N4O8S/c45-35(15-9-1-2-10-16-36(46)43-47)41-31-21-17-27(18-22-31)34-25-33(50-39(51-34)30-19-23-32(24-20-30)44(48)49)26-53-40-42-37(28-11-5-3-6-12-28)38(52-40)29-13-7-4-8-14-29/h3-8,11-14,17-24,33-34,39,47H,1-2,9-10,15-16,25-26H2,(H,41,45)(H,43,46). The molecule has 274 valence electrons. The van der Waals surface area contributed by atoms with Gasteiger partial charge >= 0.3 is 0 Å². The highest BCUT2D eigenvalue weighted by Crippen LogP contribution is 2.41. The molecule has 3 unspecified atom stereocenters. The minimum Gasteiger partial charge on any atom is -0.431 e. The first-order valence-electron chi connectivity index (χ1n) is 17.5. The van der Waals surface area contributed by atoms with Gasteiger partial charge in [-0.2, -0.15) is 0 Å². The Labute approximate surface area is 311 Å². The second-order valence-corrected chi connectivity index (χ2v) is 13.6. The zero-order valence-corrected chi connectivity index (χ0v) is 29.7. The summed E-state index contributed by atoms with van der Waals surface area (Å²) in [7, 11) is 0. The summed E-state index contributed by atoms with van der Waals surface area (Å²) in [6.45, 7) is 0. The van der Waals surface area contributed by atoms with Crippen molar-refractivity contribution in [2.24, 2.45) is 0 Å². The Hall–Kier alpha value is -5.34. The van der Waals surface area contributed by atoms with Gasteiger partial charge in [-0.1, -0.05) is 97.4 Å². The first-order chi connectivity index (χ1) is 25.9. The van der Waals surface area contributed by atoms with Crippen molar-refractivity contribution >= 4 is 35.0 Å². The SMILES string of the molecule is O=C(CCCCCCC(=O)Nc1ccc(C2CC(CSc3nc(-c4ccccc4)c(-c4ccccc4)o3)OC(c3ccc([N+](=O)[O-])cc3)O2)cc1)NO. The van der Waals surface area contributed by atoms with Crippen molar-refractivity contribution in [3.63, 3.8) is 0 Å². The fourth-order valence-corrected chi connectivity index (χ4v) is 6.87. The van der Waals surface area contributed by atoms with Crippen molar-refractivity contribution in [1.29, 1.82) is 0 Å². The van der Waals surface area contributed by atoms with Crippen molar-refractivity contribution in [1.82, 2.24) is 10.5 Å². The molecule has 53 heavy (non-hydrogen) atoms. The van der Waals surface area contributed by atoms with Gasteiger partial charge in [0.2, 0.25) is 11.8 Å². The Kier molecular flexibility index (Phi) is 13.0. The summed E-state index contributed by atoms with van der Waals surface area (Å²) in [5.41, 5.74) is 6.45. The van der Waals surface area contributed by atoms with E-state index in [9.17, 15) is 19.7 Å². The molecule has 12 nitrogen and oxygen atoms in total. The quantitative estimate of drug-likeness (QED) is 0.0292. The zero-order valence-electron chi connectivity index (χ0n) is 28.9. The number of rotatable bonds is 16. The van der Waals surface area contributed by atoms with Gasteiger partial charge in [0.05, 0.1) is 17.1 Å². The lowest BCUT2D eigenvalue weighted by Crippen LogP contribution is -2.31. The third-order valence-electron chi connectivity index (χ3n) is 8.79. The Balaban J connectivity index is 1.13. The van der Waals surface area contributed by atoms with Gasteiger partial charge in [0.25, 0.3) is 10.9 Å². The number of hydrogen-bond donors (Lipinski definition) is 3. The summed E-state index contributed by atoms with van der Waals surface area (Å²) in [5, 5.41) is 23.3. The van der Waals surface area contributed by atoms with Gasteiger partial charge in [0.1, 0.15) is 5.69 Å². The maximum absolute atomic E-state index is 12.6. The van der Waals surface area contributed by atoms with E-state index in [4.69, 9.17) is 24.1 Å². The van der Waals surface area contributed by atoms with E-state index in [1.165, 1.54) is 23.9 Å². The number of hydrogen-bond acceptors (Lipinski definition) is 10. The number of unbranched alkanes of at least 4 members (excludes halogenated alkanes) is 3. The van der Waals surface area contributed by atoms with E-state index in [2.05, 4.69) is 5.32 Å². The number of oxazole rings is 1. The number of carbonyl (C=O) groups excluding carboxylic acids is 2. The second-order valence-electron chi connectivity index (χ2n) is 12.6. The van der Waals surface area contributed by atoms with E-state index in [1.54, 1.807) is 17.6 Å². The molecule has 2 heterocycles. The predicted molar refractivity (Wildman–Crippen MR) is 200 cm³/mol. The number of hydroxylamine groups is 1. The minimum absolute atomic E-state index is 0.0229. The molecule has 1 aliphatic rings. The number of nitrogens with zero attached hydrogens (tertiary/aromatic N) is 2. The number of carbonyl (C=O) groups is 2. The Morgan fingerprint density at radius 1 is 0.792 bits per heavy atom. The molecular weight excluding hydrogens is 697 g/mol. The van der Waals surface area contributed by atoms with Gasteiger partial charge in [-0.25, -0.2) is 10.5 Å². The Bertz CT molecular complexity index is 1900. The summed E-state index contributed by atoms with van der Waals surface area (Å²) in [5.74, 6) is 0.691. The van der Waals surface area contributed by atoms with Crippen LogP contribution in [0, 0.1) is 10.1 Å². The molecule has 1 aromatic heterocycles. The van der Waals surface area contributed by atoms with Crippen molar-refractivity contribution in [2.75, 3.05) is 11.1 Å². The van der Waals surface area contributed by atoms with Crippen LogP contribution >= 0.6 is 11.8 Å². The second kappa shape index (κ2) is 18.4. The molecular formula is C40H40N4O8S. The molecule has 4 aromatic carbocycles. The van der Waals surface area contributed by atoms with Crippen molar-refractivity contribution < 1.29 is 33.6 Å². The van der Waals surface area contributed by atoms with Gasteiger partial charge in [0, 0.05) is 59.5 Å². The Morgan fingerprint density at radius 2 is 1.42 bits per heavy atom. The van der Waals surface area contributed by atoms with Crippen LogP contribution in [0.15, 0.2) is 119 Å². The molecule has 1 aliphatic heterocycles. The first kappa shape index (κ1) is 37.4. The lowest BCUT2D eigenvalue weighted by Gasteiger charge is -2.36. The molecule has 0 spiro atoms. The van der Waals surface area contributed by atoms with Crippen LogP contribution in [0.3, 0.4) is 0 Å².